The molecule has 0 unspecified atom stereocenters. The van der Waals surface area contributed by atoms with Crippen LogP contribution in [0.3, 0.4) is 0 Å². The lowest BCUT2D eigenvalue weighted by Gasteiger charge is -2.12. The van der Waals surface area contributed by atoms with E-state index in [-0.39, 0.29) is 17.6 Å². The summed E-state index contributed by atoms with van der Waals surface area (Å²) in [6.07, 6.45) is 0. The van der Waals surface area contributed by atoms with E-state index in [1.54, 1.807) is 17.4 Å². The molecule has 3 rings (SSSR count). The smallest absolute Gasteiger partial charge is 0.234 e. The Labute approximate surface area is 153 Å². The summed E-state index contributed by atoms with van der Waals surface area (Å²) in [4.78, 5) is 28.0. The quantitative estimate of drug-likeness (QED) is 0.656. The number of aromatic nitrogens is 1. The van der Waals surface area contributed by atoms with Gasteiger partial charge >= 0.3 is 0 Å². The van der Waals surface area contributed by atoms with Crippen LogP contribution in [0.1, 0.15) is 12.5 Å². The van der Waals surface area contributed by atoms with Crippen molar-refractivity contribution in [3.05, 3.63) is 48.0 Å². The number of anilines is 2. The molecule has 0 saturated carbocycles. The lowest BCUT2D eigenvalue weighted by molar-refractivity contribution is -0.114. The second-order valence-electron chi connectivity index (χ2n) is 5.44. The monoisotopic (exact) mass is 371 g/mol. The Kier molecular flexibility index (Phi) is 5.35. The molecule has 0 radical (unpaired) electrons. The van der Waals surface area contributed by atoms with E-state index in [0.29, 0.717) is 11.4 Å². The Morgan fingerprint density at radius 2 is 1.80 bits per heavy atom. The number of carbonyl (C=O) groups is 2. The largest absolute Gasteiger partial charge is 0.326 e. The van der Waals surface area contributed by atoms with Gasteiger partial charge in [-0.25, -0.2) is 4.98 Å². The van der Waals surface area contributed by atoms with E-state index in [1.165, 1.54) is 18.7 Å². The minimum absolute atomic E-state index is 0.104. The molecular weight excluding hydrogens is 354 g/mol. The third kappa shape index (κ3) is 4.37. The first-order chi connectivity index (χ1) is 12.0. The summed E-state index contributed by atoms with van der Waals surface area (Å²) in [5, 5.41) is 5.65. The number of fused-ring (bicyclic) bond motifs is 1. The number of carbonyl (C=O) groups excluding carboxylic acids is 2. The fourth-order valence-electron chi connectivity index (χ4n) is 2.32. The van der Waals surface area contributed by atoms with Crippen molar-refractivity contribution in [2.45, 2.75) is 18.2 Å². The zero-order chi connectivity index (χ0) is 17.8. The maximum Gasteiger partial charge on any atom is 0.234 e. The van der Waals surface area contributed by atoms with E-state index in [4.69, 9.17) is 0 Å². The molecule has 2 amide bonds. The number of para-hydroxylation sites is 1. The van der Waals surface area contributed by atoms with Gasteiger partial charge in [0.2, 0.25) is 11.8 Å². The molecule has 0 aliphatic heterocycles. The molecule has 3 aromatic rings. The lowest BCUT2D eigenvalue weighted by atomic mass is 10.1. The van der Waals surface area contributed by atoms with Crippen molar-refractivity contribution in [2.24, 2.45) is 0 Å². The molecular formula is C18H17N3O2S2. The molecule has 1 aromatic heterocycles. The Hall–Kier alpha value is -2.38. The predicted molar refractivity (Wildman–Crippen MR) is 104 cm³/mol. The van der Waals surface area contributed by atoms with Gasteiger partial charge in [0.25, 0.3) is 0 Å². The molecule has 0 fully saturated rings. The van der Waals surface area contributed by atoms with Crippen LogP contribution in [0.25, 0.3) is 10.2 Å². The standard InChI is InChI=1S/C18H17N3O2S2/c1-11-13(19-12(2)22)7-5-8-14(11)20-17(23)10-24-18-21-15-6-3-4-9-16(15)25-18/h3-9H,10H2,1-2H3,(H,19,22)(H,20,23). The van der Waals surface area contributed by atoms with Gasteiger partial charge < -0.3 is 10.6 Å². The summed E-state index contributed by atoms with van der Waals surface area (Å²) in [6.45, 7) is 3.32. The average Bonchev–Trinajstić information content (AvgIpc) is 2.99. The third-order valence-electron chi connectivity index (χ3n) is 3.52. The fraction of sp³-hybridized carbons (Fsp3) is 0.167. The van der Waals surface area contributed by atoms with E-state index < -0.39 is 0 Å². The molecule has 1 heterocycles. The van der Waals surface area contributed by atoms with Crippen molar-refractivity contribution < 1.29 is 9.59 Å². The molecule has 0 spiro atoms. The molecule has 128 valence electrons. The van der Waals surface area contributed by atoms with Crippen LogP contribution in [0.2, 0.25) is 0 Å². The lowest BCUT2D eigenvalue weighted by Crippen LogP contribution is -2.16. The molecule has 0 atom stereocenters. The van der Waals surface area contributed by atoms with Crippen LogP contribution < -0.4 is 10.6 Å². The van der Waals surface area contributed by atoms with Crippen molar-refractivity contribution >= 4 is 56.5 Å². The number of rotatable bonds is 5. The number of amides is 2. The number of thioether (sulfide) groups is 1. The van der Waals surface area contributed by atoms with Gasteiger partial charge in [-0.15, -0.1) is 11.3 Å². The van der Waals surface area contributed by atoms with Crippen molar-refractivity contribution in [1.82, 2.24) is 4.98 Å². The van der Waals surface area contributed by atoms with E-state index in [1.807, 2.05) is 43.3 Å². The number of nitrogens with zero attached hydrogens (tertiary/aromatic N) is 1. The minimum atomic E-state index is -0.141. The highest BCUT2D eigenvalue weighted by Gasteiger charge is 2.11. The van der Waals surface area contributed by atoms with Gasteiger partial charge in [-0.3, -0.25) is 9.59 Å². The summed E-state index contributed by atoms with van der Waals surface area (Å²) in [5.41, 5.74) is 3.18. The molecule has 5 nitrogen and oxygen atoms in total. The molecule has 0 bridgehead atoms. The molecule has 0 aliphatic carbocycles. The van der Waals surface area contributed by atoms with Crippen LogP contribution in [-0.2, 0) is 9.59 Å². The highest BCUT2D eigenvalue weighted by molar-refractivity contribution is 8.01. The number of hydrogen-bond donors (Lipinski definition) is 2. The molecule has 25 heavy (non-hydrogen) atoms. The van der Waals surface area contributed by atoms with Gasteiger partial charge in [-0.1, -0.05) is 30.0 Å². The molecule has 2 N–H and O–H groups in total. The van der Waals surface area contributed by atoms with E-state index in [2.05, 4.69) is 15.6 Å². The first kappa shape index (κ1) is 17.4. The highest BCUT2D eigenvalue weighted by atomic mass is 32.2. The van der Waals surface area contributed by atoms with E-state index in [9.17, 15) is 9.59 Å². The number of nitrogens with one attached hydrogen (secondary N) is 2. The zero-order valence-electron chi connectivity index (χ0n) is 13.8. The Balaban J connectivity index is 1.63. The van der Waals surface area contributed by atoms with Crippen LogP contribution in [-0.4, -0.2) is 22.6 Å². The molecule has 0 saturated heterocycles. The molecule has 7 heteroatoms. The predicted octanol–water partition coefficient (Wildman–Crippen LogP) is 4.29. The minimum Gasteiger partial charge on any atom is -0.326 e. The van der Waals surface area contributed by atoms with Crippen molar-refractivity contribution in [3.63, 3.8) is 0 Å². The van der Waals surface area contributed by atoms with Crippen LogP contribution >= 0.6 is 23.1 Å². The van der Waals surface area contributed by atoms with Crippen molar-refractivity contribution in [1.29, 1.82) is 0 Å². The van der Waals surface area contributed by atoms with Gasteiger partial charge in [0.1, 0.15) is 0 Å². The van der Waals surface area contributed by atoms with Crippen LogP contribution in [0.5, 0.6) is 0 Å². The summed E-state index contributed by atoms with van der Waals surface area (Å²) >= 11 is 3.00. The maximum absolute atomic E-state index is 12.2. The van der Waals surface area contributed by atoms with Crippen LogP contribution in [0.15, 0.2) is 46.8 Å². The van der Waals surface area contributed by atoms with Crippen molar-refractivity contribution in [3.8, 4) is 0 Å². The number of hydrogen-bond acceptors (Lipinski definition) is 5. The summed E-state index contributed by atoms with van der Waals surface area (Å²) < 4.78 is 1.99. The zero-order valence-corrected chi connectivity index (χ0v) is 15.5. The first-order valence-electron chi connectivity index (χ1n) is 7.68. The highest BCUT2D eigenvalue weighted by Crippen LogP contribution is 2.29. The summed E-state index contributed by atoms with van der Waals surface area (Å²) in [7, 11) is 0. The second kappa shape index (κ2) is 7.67. The fourth-order valence-corrected chi connectivity index (χ4v) is 4.19. The third-order valence-corrected chi connectivity index (χ3v) is 5.70. The van der Waals surface area contributed by atoms with Gasteiger partial charge in [0.15, 0.2) is 4.34 Å². The molecule has 0 aliphatic rings. The summed E-state index contributed by atoms with van der Waals surface area (Å²) in [5.74, 6) is 0.0363. The Morgan fingerprint density at radius 3 is 2.52 bits per heavy atom. The topological polar surface area (TPSA) is 71.1 Å². The Bertz CT molecular complexity index is 904. The SMILES string of the molecule is CC(=O)Nc1cccc(NC(=O)CSc2nc3ccccc3s2)c1C. The van der Waals surface area contributed by atoms with Gasteiger partial charge in [0.05, 0.1) is 16.0 Å². The maximum atomic E-state index is 12.2. The molecule has 2 aromatic carbocycles. The van der Waals surface area contributed by atoms with Gasteiger partial charge in [-0.2, -0.15) is 0 Å². The second-order valence-corrected chi connectivity index (χ2v) is 7.70. The number of benzene rings is 2. The first-order valence-corrected chi connectivity index (χ1v) is 9.48. The van der Waals surface area contributed by atoms with E-state index in [0.717, 1.165) is 20.1 Å². The number of thiazole rings is 1. The Morgan fingerprint density at radius 1 is 1.08 bits per heavy atom. The van der Waals surface area contributed by atoms with Gasteiger partial charge in [-0.05, 0) is 36.8 Å². The summed E-state index contributed by atoms with van der Waals surface area (Å²) in [6, 6.07) is 13.3. The van der Waals surface area contributed by atoms with E-state index >= 15 is 0 Å². The normalized spacial score (nSPS) is 10.6. The average molecular weight is 371 g/mol. The van der Waals surface area contributed by atoms with Crippen molar-refractivity contribution in [2.75, 3.05) is 16.4 Å². The van der Waals surface area contributed by atoms with Crippen LogP contribution in [0, 0.1) is 6.92 Å². The van der Waals surface area contributed by atoms with Crippen LogP contribution in [0.4, 0.5) is 11.4 Å². The van der Waals surface area contributed by atoms with Gasteiger partial charge in [0, 0.05) is 18.3 Å².